The van der Waals surface area contributed by atoms with Gasteiger partial charge in [-0.1, -0.05) is 6.07 Å². The molecule has 0 aliphatic carbocycles. The van der Waals surface area contributed by atoms with Crippen LogP contribution in [0.5, 0.6) is 0 Å². The van der Waals surface area contributed by atoms with Crippen LogP contribution in [0.3, 0.4) is 0 Å². The fourth-order valence-electron chi connectivity index (χ4n) is 1.28. The van der Waals surface area contributed by atoms with Crippen LogP contribution in [-0.4, -0.2) is 21.9 Å². The number of rotatable bonds is 4. The first kappa shape index (κ1) is 13.2. The lowest BCUT2D eigenvalue weighted by Gasteiger charge is -2.16. The molecule has 0 amide bonds. The van der Waals surface area contributed by atoms with E-state index >= 15 is 0 Å². The molecule has 0 heterocycles. The van der Waals surface area contributed by atoms with Gasteiger partial charge in [0.1, 0.15) is 11.9 Å². The quantitative estimate of drug-likeness (QED) is 0.596. The molecule has 2 atom stereocenters. The van der Waals surface area contributed by atoms with Crippen molar-refractivity contribution in [2.45, 2.75) is 19.1 Å². The first-order valence-electron chi connectivity index (χ1n) is 4.72. The van der Waals surface area contributed by atoms with Crippen molar-refractivity contribution in [3.63, 3.8) is 0 Å². The van der Waals surface area contributed by atoms with E-state index in [9.17, 15) is 24.4 Å². The van der Waals surface area contributed by atoms with E-state index in [4.69, 9.17) is 5.73 Å². The summed E-state index contributed by atoms with van der Waals surface area (Å²) >= 11 is 0. The molecule has 17 heavy (non-hydrogen) atoms. The second-order valence-electron chi connectivity index (χ2n) is 3.55. The molecule has 0 bridgehead atoms. The number of halogens is 1. The SMILES string of the molecule is CC(=O)[C@@H](N)[C@H](O)c1ccc(F)c([N+](=O)[O-])c1. The molecule has 0 fully saturated rings. The van der Waals surface area contributed by atoms with Gasteiger partial charge in [0.25, 0.3) is 0 Å². The molecule has 92 valence electrons. The third-order valence-electron chi connectivity index (χ3n) is 2.32. The standard InChI is InChI=1S/C10H11FN2O4/c1-5(14)9(12)10(15)6-2-3-7(11)8(4-6)13(16)17/h2-4,9-10,15H,12H2,1H3/t9-,10-/m1/s1. The van der Waals surface area contributed by atoms with Gasteiger partial charge in [-0.2, -0.15) is 4.39 Å². The van der Waals surface area contributed by atoms with Crippen LogP contribution in [0.1, 0.15) is 18.6 Å². The van der Waals surface area contributed by atoms with Crippen molar-refractivity contribution in [1.29, 1.82) is 0 Å². The fraction of sp³-hybridized carbons (Fsp3) is 0.300. The number of aliphatic hydroxyl groups excluding tert-OH is 1. The molecule has 0 aliphatic heterocycles. The summed E-state index contributed by atoms with van der Waals surface area (Å²) in [5.41, 5.74) is 4.66. The lowest BCUT2D eigenvalue weighted by molar-refractivity contribution is -0.387. The molecule has 0 aromatic heterocycles. The van der Waals surface area contributed by atoms with Gasteiger partial charge in [0.05, 0.1) is 11.0 Å². The minimum Gasteiger partial charge on any atom is -0.386 e. The summed E-state index contributed by atoms with van der Waals surface area (Å²) in [6, 6.07) is 1.67. The molecule has 0 saturated heterocycles. The zero-order valence-electron chi connectivity index (χ0n) is 8.96. The van der Waals surface area contributed by atoms with Gasteiger partial charge in [0, 0.05) is 6.07 Å². The molecule has 0 unspecified atom stereocenters. The molecule has 1 aromatic carbocycles. The Hall–Kier alpha value is -1.86. The third-order valence-corrected chi connectivity index (χ3v) is 2.32. The van der Waals surface area contributed by atoms with Gasteiger partial charge in [-0.05, 0) is 18.6 Å². The van der Waals surface area contributed by atoms with Gasteiger partial charge >= 0.3 is 5.69 Å². The monoisotopic (exact) mass is 242 g/mol. The third kappa shape index (κ3) is 2.83. The first-order valence-corrected chi connectivity index (χ1v) is 4.72. The van der Waals surface area contributed by atoms with Gasteiger partial charge in [0.2, 0.25) is 5.82 Å². The normalized spacial score (nSPS) is 14.1. The second kappa shape index (κ2) is 4.98. The van der Waals surface area contributed by atoms with E-state index < -0.39 is 34.4 Å². The molecule has 0 spiro atoms. The van der Waals surface area contributed by atoms with Crippen molar-refractivity contribution in [3.8, 4) is 0 Å². The highest BCUT2D eigenvalue weighted by Crippen LogP contribution is 2.24. The van der Waals surface area contributed by atoms with Crippen molar-refractivity contribution in [3.05, 3.63) is 39.7 Å². The van der Waals surface area contributed by atoms with Gasteiger partial charge in [-0.25, -0.2) is 0 Å². The van der Waals surface area contributed by atoms with Crippen LogP contribution in [0.4, 0.5) is 10.1 Å². The van der Waals surface area contributed by atoms with Crippen molar-refractivity contribution < 1.29 is 19.2 Å². The Labute approximate surface area is 96.0 Å². The maximum absolute atomic E-state index is 13.0. The van der Waals surface area contributed by atoms with E-state index in [0.717, 1.165) is 18.2 Å². The van der Waals surface area contributed by atoms with Crippen LogP contribution in [0.15, 0.2) is 18.2 Å². The summed E-state index contributed by atoms with van der Waals surface area (Å²) in [6.45, 7) is 1.19. The molecule has 0 saturated carbocycles. The molecule has 3 N–H and O–H groups in total. The molecule has 7 heteroatoms. The lowest BCUT2D eigenvalue weighted by Crippen LogP contribution is -2.35. The van der Waals surface area contributed by atoms with Gasteiger partial charge in [0.15, 0.2) is 0 Å². The highest BCUT2D eigenvalue weighted by atomic mass is 19.1. The fourth-order valence-corrected chi connectivity index (χ4v) is 1.28. The summed E-state index contributed by atoms with van der Waals surface area (Å²) in [6.07, 6.45) is -1.40. The maximum atomic E-state index is 13.0. The number of carbonyl (C=O) groups excluding carboxylic acids is 1. The number of Topliss-reactive ketones (excluding diaryl/α,β-unsaturated/α-hetero) is 1. The molecular formula is C10H11FN2O4. The number of hydrogen-bond donors (Lipinski definition) is 2. The predicted octanol–water partition coefficient (Wildman–Crippen LogP) is 0.684. The Morgan fingerprint density at radius 3 is 2.65 bits per heavy atom. The predicted molar refractivity (Wildman–Crippen MR) is 56.7 cm³/mol. The molecule has 6 nitrogen and oxygen atoms in total. The van der Waals surface area contributed by atoms with Crippen molar-refractivity contribution >= 4 is 11.5 Å². The van der Waals surface area contributed by atoms with E-state index in [0.29, 0.717) is 0 Å². The topological polar surface area (TPSA) is 106 Å². The highest BCUT2D eigenvalue weighted by molar-refractivity contribution is 5.82. The zero-order valence-corrected chi connectivity index (χ0v) is 8.96. The van der Waals surface area contributed by atoms with Gasteiger partial charge in [-0.3, -0.25) is 14.9 Å². The number of carbonyl (C=O) groups is 1. The molecule has 0 aliphatic rings. The number of aliphatic hydroxyl groups is 1. The molecule has 1 aromatic rings. The number of nitro groups is 1. The summed E-state index contributed by atoms with van der Waals surface area (Å²) < 4.78 is 13.0. The Morgan fingerprint density at radius 1 is 1.59 bits per heavy atom. The Bertz CT molecular complexity index is 464. The number of hydrogen-bond acceptors (Lipinski definition) is 5. The smallest absolute Gasteiger partial charge is 0.305 e. The Kier molecular flexibility index (Phi) is 3.87. The van der Waals surface area contributed by atoms with Crippen LogP contribution in [0.2, 0.25) is 0 Å². The zero-order chi connectivity index (χ0) is 13.2. The number of nitrogens with two attached hydrogens (primary N) is 1. The van der Waals surface area contributed by atoms with Crippen molar-refractivity contribution in [2.75, 3.05) is 0 Å². The van der Waals surface area contributed by atoms with Gasteiger partial charge < -0.3 is 10.8 Å². The number of benzene rings is 1. The number of nitrogens with zero attached hydrogens (tertiary/aromatic N) is 1. The summed E-state index contributed by atoms with van der Waals surface area (Å²) in [7, 11) is 0. The number of nitro benzene ring substituents is 1. The van der Waals surface area contributed by atoms with Gasteiger partial charge in [-0.15, -0.1) is 0 Å². The minimum absolute atomic E-state index is 0.0285. The summed E-state index contributed by atoms with van der Waals surface area (Å²) in [5.74, 6) is -1.48. The Morgan fingerprint density at radius 2 is 2.18 bits per heavy atom. The van der Waals surface area contributed by atoms with Crippen LogP contribution in [0, 0.1) is 15.9 Å². The average Bonchev–Trinajstić information content (AvgIpc) is 2.27. The van der Waals surface area contributed by atoms with E-state index in [-0.39, 0.29) is 5.56 Å². The molecular weight excluding hydrogens is 231 g/mol. The van der Waals surface area contributed by atoms with E-state index in [1.165, 1.54) is 6.92 Å². The first-order chi connectivity index (χ1) is 7.84. The summed E-state index contributed by atoms with van der Waals surface area (Å²) in [4.78, 5) is 20.5. The molecule has 0 radical (unpaired) electrons. The van der Waals surface area contributed by atoms with Crippen LogP contribution in [-0.2, 0) is 4.79 Å². The van der Waals surface area contributed by atoms with E-state index in [2.05, 4.69) is 0 Å². The number of ketones is 1. The second-order valence-corrected chi connectivity index (χ2v) is 3.55. The van der Waals surface area contributed by atoms with E-state index in [1.54, 1.807) is 0 Å². The largest absolute Gasteiger partial charge is 0.386 e. The van der Waals surface area contributed by atoms with Crippen molar-refractivity contribution in [2.24, 2.45) is 5.73 Å². The average molecular weight is 242 g/mol. The maximum Gasteiger partial charge on any atom is 0.305 e. The van der Waals surface area contributed by atoms with Crippen molar-refractivity contribution in [1.82, 2.24) is 0 Å². The lowest BCUT2D eigenvalue weighted by atomic mass is 10.00. The molecule has 1 rings (SSSR count). The Balaban J connectivity index is 3.11. The highest BCUT2D eigenvalue weighted by Gasteiger charge is 2.24. The van der Waals surface area contributed by atoms with Crippen LogP contribution >= 0.6 is 0 Å². The minimum atomic E-state index is -1.40. The van der Waals surface area contributed by atoms with Crippen LogP contribution < -0.4 is 5.73 Å². The summed E-state index contributed by atoms with van der Waals surface area (Å²) in [5, 5.41) is 20.2. The van der Waals surface area contributed by atoms with E-state index in [1.807, 2.05) is 0 Å². The van der Waals surface area contributed by atoms with Crippen LogP contribution in [0.25, 0.3) is 0 Å².